The molecule has 7 nitrogen and oxygen atoms in total. The Morgan fingerprint density at radius 3 is 2.20 bits per heavy atom. The highest BCUT2D eigenvalue weighted by Gasteiger charge is 2.49. The van der Waals surface area contributed by atoms with Gasteiger partial charge in [0.2, 0.25) is 11.8 Å². The van der Waals surface area contributed by atoms with Gasteiger partial charge in [0.1, 0.15) is 5.54 Å². The predicted octanol–water partition coefficient (Wildman–Crippen LogP) is 5.98. The lowest BCUT2D eigenvalue weighted by Gasteiger charge is -2.41. The molecule has 0 unspecified atom stereocenters. The van der Waals surface area contributed by atoms with Crippen LogP contribution in [0.1, 0.15) is 48.4 Å². The summed E-state index contributed by atoms with van der Waals surface area (Å²) >= 11 is 5.59. The molecule has 1 saturated heterocycles. The molecule has 0 aromatic heterocycles. The fraction of sp³-hybridized carbons (Fsp3) is 0.364. The van der Waals surface area contributed by atoms with E-state index in [1.54, 1.807) is 9.80 Å². The number of halogens is 3. The fourth-order valence-corrected chi connectivity index (χ4v) is 6.26. The molecule has 44 heavy (non-hydrogen) atoms. The van der Waals surface area contributed by atoms with Crippen molar-refractivity contribution in [3.05, 3.63) is 95.6 Å². The van der Waals surface area contributed by atoms with Gasteiger partial charge in [-0.1, -0.05) is 55.3 Å². The van der Waals surface area contributed by atoms with Gasteiger partial charge in [-0.3, -0.25) is 9.59 Å². The molecular weight excluding hydrogens is 587 g/mol. The molecule has 1 saturated carbocycles. The van der Waals surface area contributed by atoms with Crippen molar-refractivity contribution in [1.82, 2.24) is 15.1 Å². The lowest BCUT2D eigenvalue weighted by molar-refractivity contribution is -0.146. The van der Waals surface area contributed by atoms with Gasteiger partial charge in [0, 0.05) is 38.6 Å². The lowest BCUT2D eigenvalue weighted by atomic mass is 9.92. The summed E-state index contributed by atoms with van der Waals surface area (Å²) in [6, 6.07) is 21.9. The van der Waals surface area contributed by atoms with Crippen LogP contribution < -0.4 is 15.5 Å². The third kappa shape index (κ3) is 6.83. The van der Waals surface area contributed by atoms with E-state index in [1.807, 2.05) is 73.6 Å². The van der Waals surface area contributed by atoms with E-state index in [0.717, 1.165) is 36.2 Å². The summed E-state index contributed by atoms with van der Waals surface area (Å²) < 4.78 is 39.8. The molecule has 2 aliphatic rings. The standard InChI is InChI=1S/C33H36F3N5O2S/c1-39(2)27-16-14-26(15-17-27)37-30(43)32(18-6-7-19-32)41(20-23-10-12-25(13-11-23)33(34,35)36)29(42)22-40-21-28(38-31(40)44)24-8-4-3-5-9-24/h3-5,8-17,28H,6-7,18-22H2,1-2H3,(H,37,43)(H,38,44)/t28-/m0/s1. The van der Waals surface area contributed by atoms with Crippen LogP contribution in [-0.2, 0) is 22.3 Å². The predicted molar refractivity (Wildman–Crippen MR) is 169 cm³/mol. The Balaban J connectivity index is 1.42. The molecule has 11 heteroatoms. The quantitative estimate of drug-likeness (QED) is 0.286. The number of carbonyl (C=O) groups is 2. The van der Waals surface area contributed by atoms with Crippen LogP contribution in [0, 0.1) is 0 Å². The van der Waals surface area contributed by atoms with Crippen molar-refractivity contribution in [3.63, 3.8) is 0 Å². The van der Waals surface area contributed by atoms with Crippen molar-refractivity contribution in [3.8, 4) is 0 Å². The van der Waals surface area contributed by atoms with Crippen LogP contribution in [0.5, 0.6) is 0 Å². The lowest BCUT2D eigenvalue weighted by Crippen LogP contribution is -2.59. The summed E-state index contributed by atoms with van der Waals surface area (Å²) in [5, 5.41) is 6.74. The summed E-state index contributed by atoms with van der Waals surface area (Å²) in [7, 11) is 3.85. The number of nitrogens with one attached hydrogen (secondary N) is 2. The molecule has 232 valence electrons. The van der Waals surface area contributed by atoms with E-state index < -0.39 is 17.3 Å². The molecule has 3 aromatic carbocycles. The Bertz CT molecular complexity index is 1470. The maximum absolute atomic E-state index is 14.2. The third-order valence-corrected chi connectivity index (χ3v) is 8.83. The molecule has 2 amide bonds. The second-order valence-corrected chi connectivity index (χ2v) is 12.0. The van der Waals surface area contributed by atoms with Gasteiger partial charge in [0.25, 0.3) is 0 Å². The van der Waals surface area contributed by atoms with E-state index >= 15 is 0 Å². The van der Waals surface area contributed by atoms with Crippen molar-refractivity contribution in [1.29, 1.82) is 0 Å². The number of amides is 2. The molecular formula is C33H36F3N5O2S. The number of hydrogen-bond acceptors (Lipinski definition) is 4. The first-order chi connectivity index (χ1) is 21.0. The average molecular weight is 624 g/mol. The normalized spacial score (nSPS) is 17.7. The monoisotopic (exact) mass is 623 g/mol. The van der Waals surface area contributed by atoms with Crippen LogP contribution in [-0.4, -0.2) is 59.5 Å². The summed E-state index contributed by atoms with van der Waals surface area (Å²) in [5.74, 6) is -0.625. The van der Waals surface area contributed by atoms with E-state index in [1.165, 1.54) is 12.1 Å². The number of carbonyl (C=O) groups excluding carboxylic acids is 2. The van der Waals surface area contributed by atoms with Crippen molar-refractivity contribution >= 4 is 40.5 Å². The maximum atomic E-state index is 14.2. The van der Waals surface area contributed by atoms with Crippen molar-refractivity contribution in [2.24, 2.45) is 0 Å². The van der Waals surface area contributed by atoms with Gasteiger partial charge in [0.05, 0.1) is 18.2 Å². The Labute approximate surface area is 261 Å². The molecule has 1 atom stereocenters. The van der Waals surface area contributed by atoms with Crippen molar-refractivity contribution in [2.45, 2.75) is 50.0 Å². The second-order valence-electron chi connectivity index (χ2n) is 11.6. The van der Waals surface area contributed by atoms with E-state index in [0.29, 0.717) is 35.7 Å². The largest absolute Gasteiger partial charge is 0.416 e. The molecule has 3 aromatic rings. The SMILES string of the molecule is CN(C)c1ccc(NC(=O)C2(N(Cc3ccc(C(F)(F)F)cc3)C(=O)CN3C[C@@H](c4ccccc4)NC3=S)CCCC2)cc1. The van der Waals surface area contributed by atoms with Crippen LogP contribution in [0.4, 0.5) is 24.5 Å². The third-order valence-electron chi connectivity index (χ3n) is 8.45. The summed E-state index contributed by atoms with van der Waals surface area (Å²) in [5.41, 5.74) is 1.18. The highest BCUT2D eigenvalue weighted by atomic mass is 32.1. The maximum Gasteiger partial charge on any atom is 0.416 e. The molecule has 1 heterocycles. The number of thiocarbonyl (C=S) groups is 1. The number of benzene rings is 3. The Kier molecular flexibility index (Phi) is 9.15. The highest BCUT2D eigenvalue weighted by molar-refractivity contribution is 7.80. The molecule has 0 spiro atoms. The first-order valence-electron chi connectivity index (χ1n) is 14.6. The van der Waals surface area contributed by atoms with Gasteiger partial charge in [-0.15, -0.1) is 0 Å². The van der Waals surface area contributed by atoms with Crippen LogP contribution in [0.25, 0.3) is 0 Å². The molecule has 1 aliphatic heterocycles. The highest BCUT2D eigenvalue weighted by Crippen LogP contribution is 2.39. The average Bonchev–Trinajstić information content (AvgIpc) is 3.64. The molecule has 5 rings (SSSR count). The van der Waals surface area contributed by atoms with E-state index in [2.05, 4.69) is 10.6 Å². The number of rotatable bonds is 9. The first-order valence-corrected chi connectivity index (χ1v) is 15.0. The fourth-order valence-electron chi connectivity index (χ4n) is 5.98. The van der Waals surface area contributed by atoms with Crippen LogP contribution in [0.2, 0.25) is 0 Å². The summed E-state index contributed by atoms with van der Waals surface area (Å²) in [6.07, 6.45) is -2.11. The van der Waals surface area contributed by atoms with Gasteiger partial charge < -0.3 is 25.3 Å². The van der Waals surface area contributed by atoms with Crippen molar-refractivity contribution < 1.29 is 22.8 Å². The second kappa shape index (κ2) is 12.9. The van der Waals surface area contributed by atoms with E-state index in [4.69, 9.17) is 12.2 Å². The number of hydrogen-bond donors (Lipinski definition) is 2. The van der Waals surface area contributed by atoms with Crippen LogP contribution in [0.15, 0.2) is 78.9 Å². The zero-order chi connectivity index (χ0) is 31.5. The van der Waals surface area contributed by atoms with E-state index in [9.17, 15) is 22.8 Å². The van der Waals surface area contributed by atoms with Gasteiger partial charge in [-0.2, -0.15) is 13.2 Å². The van der Waals surface area contributed by atoms with Gasteiger partial charge in [-0.25, -0.2) is 0 Å². The van der Waals surface area contributed by atoms with Gasteiger partial charge in [-0.05, 0) is 72.6 Å². The molecule has 2 fully saturated rings. The molecule has 1 aliphatic carbocycles. The molecule has 0 bridgehead atoms. The minimum absolute atomic E-state index is 0.0138. The smallest absolute Gasteiger partial charge is 0.378 e. The summed E-state index contributed by atoms with van der Waals surface area (Å²) in [4.78, 5) is 33.6. The van der Waals surface area contributed by atoms with Gasteiger partial charge >= 0.3 is 6.18 Å². The van der Waals surface area contributed by atoms with Crippen LogP contribution >= 0.6 is 12.2 Å². The minimum Gasteiger partial charge on any atom is -0.378 e. The number of anilines is 2. The molecule has 2 N–H and O–H groups in total. The zero-order valence-electron chi connectivity index (χ0n) is 24.7. The summed E-state index contributed by atoms with van der Waals surface area (Å²) in [6.45, 7) is 0.391. The first kappa shape index (κ1) is 31.3. The van der Waals surface area contributed by atoms with Crippen LogP contribution in [0.3, 0.4) is 0 Å². The molecule has 0 radical (unpaired) electrons. The van der Waals surface area contributed by atoms with Gasteiger partial charge in [0.15, 0.2) is 5.11 Å². The Morgan fingerprint density at radius 1 is 0.977 bits per heavy atom. The zero-order valence-corrected chi connectivity index (χ0v) is 25.5. The van der Waals surface area contributed by atoms with Crippen molar-refractivity contribution in [2.75, 3.05) is 37.4 Å². The number of nitrogens with zero attached hydrogens (tertiary/aromatic N) is 3. The van der Waals surface area contributed by atoms with E-state index in [-0.39, 0.29) is 30.9 Å². The number of alkyl halides is 3. The topological polar surface area (TPSA) is 67.9 Å². The Morgan fingerprint density at radius 2 is 1.61 bits per heavy atom. The minimum atomic E-state index is -4.48. The Hall–Kier alpha value is -4.12.